The fraction of sp³-hybridized carbons (Fsp3) is 0.316. The van der Waals surface area contributed by atoms with Crippen molar-refractivity contribution in [2.75, 3.05) is 0 Å². The van der Waals surface area contributed by atoms with E-state index in [1.54, 1.807) is 12.1 Å². The Balaban J connectivity index is 1.86. The molecule has 0 radical (unpaired) electrons. The van der Waals surface area contributed by atoms with Gasteiger partial charge in [0.25, 0.3) is 0 Å². The third-order valence-electron chi connectivity index (χ3n) is 3.91. The van der Waals surface area contributed by atoms with Gasteiger partial charge in [-0.1, -0.05) is 42.5 Å². The van der Waals surface area contributed by atoms with Crippen molar-refractivity contribution in [1.82, 2.24) is 0 Å². The van der Waals surface area contributed by atoms with Gasteiger partial charge in [0.1, 0.15) is 5.82 Å². The van der Waals surface area contributed by atoms with E-state index in [-0.39, 0.29) is 12.2 Å². The highest BCUT2D eigenvalue weighted by atomic mass is 19.1. The van der Waals surface area contributed by atoms with Crippen LogP contribution in [0, 0.1) is 11.7 Å². The van der Waals surface area contributed by atoms with Crippen molar-refractivity contribution in [2.45, 2.75) is 31.8 Å². The lowest BCUT2D eigenvalue weighted by atomic mass is 9.92. The fourth-order valence-electron chi connectivity index (χ4n) is 2.60. The van der Waals surface area contributed by atoms with Gasteiger partial charge >= 0.3 is 5.97 Å². The molecule has 0 saturated heterocycles. The quantitative estimate of drug-likeness (QED) is 0.784. The number of hydrogen-bond acceptors (Lipinski definition) is 2. The van der Waals surface area contributed by atoms with Gasteiger partial charge in [0.15, 0.2) is 0 Å². The number of aliphatic hydroxyl groups excluding tert-OH is 1. The first kappa shape index (κ1) is 17.2. The molecule has 3 nitrogen and oxygen atoms in total. The van der Waals surface area contributed by atoms with Gasteiger partial charge in [-0.15, -0.1) is 0 Å². The number of halogens is 1. The summed E-state index contributed by atoms with van der Waals surface area (Å²) in [7, 11) is 0. The SMILES string of the molecule is O=C(O)[C@H](Cc1ccccc1)C[C@@H](O)CCc1ccc(F)cc1. The molecule has 0 aromatic heterocycles. The predicted molar refractivity (Wildman–Crippen MR) is 86.6 cm³/mol. The number of rotatable bonds is 8. The second kappa shape index (κ2) is 8.44. The van der Waals surface area contributed by atoms with Crippen molar-refractivity contribution in [1.29, 1.82) is 0 Å². The van der Waals surface area contributed by atoms with Gasteiger partial charge in [0.05, 0.1) is 12.0 Å². The predicted octanol–water partition coefficient (Wildman–Crippen LogP) is 3.45. The minimum atomic E-state index is -0.894. The third kappa shape index (κ3) is 5.83. The van der Waals surface area contributed by atoms with Crippen LogP contribution in [0.4, 0.5) is 4.39 Å². The summed E-state index contributed by atoms with van der Waals surface area (Å²) in [6, 6.07) is 15.5. The summed E-state index contributed by atoms with van der Waals surface area (Å²) < 4.78 is 12.8. The van der Waals surface area contributed by atoms with Crippen molar-refractivity contribution in [2.24, 2.45) is 5.92 Å². The molecule has 0 saturated carbocycles. The lowest BCUT2D eigenvalue weighted by molar-refractivity contribution is -0.142. The largest absolute Gasteiger partial charge is 0.481 e. The van der Waals surface area contributed by atoms with Crippen LogP contribution in [0.5, 0.6) is 0 Å². The van der Waals surface area contributed by atoms with Crippen LogP contribution in [-0.4, -0.2) is 22.3 Å². The molecular weight excluding hydrogens is 295 g/mol. The Kier molecular flexibility index (Phi) is 6.29. The van der Waals surface area contributed by atoms with Gasteiger partial charge in [0.2, 0.25) is 0 Å². The molecule has 2 atom stereocenters. The van der Waals surface area contributed by atoms with Crippen LogP contribution in [0.3, 0.4) is 0 Å². The Morgan fingerprint density at radius 1 is 1.00 bits per heavy atom. The van der Waals surface area contributed by atoms with Gasteiger partial charge in [-0.3, -0.25) is 4.79 Å². The molecule has 0 bridgehead atoms. The minimum Gasteiger partial charge on any atom is -0.481 e. The number of aliphatic hydroxyl groups is 1. The molecular formula is C19H21FO3. The van der Waals surface area contributed by atoms with Crippen LogP contribution >= 0.6 is 0 Å². The highest BCUT2D eigenvalue weighted by molar-refractivity contribution is 5.70. The van der Waals surface area contributed by atoms with Gasteiger partial charge in [-0.05, 0) is 48.9 Å². The first-order valence-corrected chi connectivity index (χ1v) is 7.74. The van der Waals surface area contributed by atoms with Gasteiger partial charge < -0.3 is 10.2 Å². The lowest BCUT2D eigenvalue weighted by Gasteiger charge is -2.17. The van der Waals surface area contributed by atoms with Crippen LogP contribution in [0.15, 0.2) is 54.6 Å². The number of hydrogen-bond donors (Lipinski definition) is 2. The van der Waals surface area contributed by atoms with Gasteiger partial charge in [0, 0.05) is 0 Å². The molecule has 0 fully saturated rings. The van der Waals surface area contributed by atoms with E-state index in [0.717, 1.165) is 11.1 Å². The molecule has 0 aliphatic carbocycles. The molecule has 4 heteroatoms. The maximum atomic E-state index is 12.8. The summed E-state index contributed by atoms with van der Waals surface area (Å²) in [5.41, 5.74) is 1.88. The zero-order valence-electron chi connectivity index (χ0n) is 12.9. The van der Waals surface area contributed by atoms with Crippen LogP contribution < -0.4 is 0 Å². The zero-order valence-corrected chi connectivity index (χ0v) is 12.9. The first-order valence-electron chi connectivity index (χ1n) is 7.74. The monoisotopic (exact) mass is 316 g/mol. The zero-order chi connectivity index (χ0) is 16.7. The number of benzene rings is 2. The van der Waals surface area contributed by atoms with Crippen molar-refractivity contribution in [3.63, 3.8) is 0 Å². The molecule has 2 rings (SSSR count). The van der Waals surface area contributed by atoms with E-state index in [1.165, 1.54) is 12.1 Å². The van der Waals surface area contributed by atoms with Crippen LogP contribution in [-0.2, 0) is 17.6 Å². The van der Waals surface area contributed by atoms with Crippen LogP contribution in [0.2, 0.25) is 0 Å². The molecule has 2 aromatic carbocycles. The molecule has 0 amide bonds. The van der Waals surface area contributed by atoms with E-state index in [1.807, 2.05) is 30.3 Å². The second-order valence-electron chi connectivity index (χ2n) is 5.78. The summed E-state index contributed by atoms with van der Waals surface area (Å²) in [5.74, 6) is -1.79. The Morgan fingerprint density at radius 3 is 2.26 bits per heavy atom. The molecule has 0 unspecified atom stereocenters. The van der Waals surface area contributed by atoms with Crippen LogP contribution in [0.1, 0.15) is 24.0 Å². The summed E-state index contributed by atoms with van der Waals surface area (Å²) in [6.45, 7) is 0. The third-order valence-corrected chi connectivity index (χ3v) is 3.91. The molecule has 0 spiro atoms. The summed E-state index contributed by atoms with van der Waals surface area (Å²) >= 11 is 0. The number of aliphatic carboxylic acids is 1. The summed E-state index contributed by atoms with van der Waals surface area (Å²) in [5, 5.41) is 19.5. The lowest BCUT2D eigenvalue weighted by Crippen LogP contribution is -2.23. The van der Waals surface area contributed by atoms with Gasteiger partial charge in [-0.25, -0.2) is 4.39 Å². The maximum absolute atomic E-state index is 12.8. The molecule has 2 N–H and O–H groups in total. The highest BCUT2D eigenvalue weighted by Crippen LogP contribution is 2.18. The Bertz CT molecular complexity index is 610. The second-order valence-corrected chi connectivity index (χ2v) is 5.78. The average Bonchev–Trinajstić information content (AvgIpc) is 2.54. The molecule has 0 heterocycles. The standard InChI is InChI=1S/C19H21FO3/c20-17-9-6-14(7-10-17)8-11-18(21)13-16(19(22)23)12-15-4-2-1-3-5-15/h1-7,9-10,16,18,21H,8,11-13H2,(H,22,23)/t16-,18+/m1/s1. The number of carbonyl (C=O) groups is 1. The summed E-state index contributed by atoms with van der Waals surface area (Å²) in [4.78, 5) is 11.4. The Hall–Kier alpha value is -2.20. The van der Waals surface area contributed by atoms with E-state index in [4.69, 9.17) is 0 Å². The Morgan fingerprint density at radius 2 is 1.65 bits per heavy atom. The topological polar surface area (TPSA) is 57.5 Å². The van der Waals surface area contributed by atoms with Crippen LogP contribution in [0.25, 0.3) is 0 Å². The first-order chi connectivity index (χ1) is 11.0. The van der Waals surface area contributed by atoms with E-state index in [9.17, 15) is 19.4 Å². The molecule has 2 aromatic rings. The summed E-state index contributed by atoms with van der Waals surface area (Å²) in [6.07, 6.45) is 0.989. The number of carboxylic acids is 1. The average molecular weight is 316 g/mol. The van der Waals surface area contributed by atoms with Crippen molar-refractivity contribution < 1.29 is 19.4 Å². The van der Waals surface area contributed by atoms with E-state index < -0.39 is 18.0 Å². The number of carboxylic acid groups (broad SMARTS) is 1. The van der Waals surface area contributed by atoms with E-state index in [0.29, 0.717) is 19.3 Å². The van der Waals surface area contributed by atoms with Crippen molar-refractivity contribution in [3.8, 4) is 0 Å². The molecule has 0 aliphatic rings. The van der Waals surface area contributed by atoms with Gasteiger partial charge in [-0.2, -0.15) is 0 Å². The Labute approximate surface area is 135 Å². The van der Waals surface area contributed by atoms with E-state index >= 15 is 0 Å². The number of aryl methyl sites for hydroxylation is 1. The molecule has 23 heavy (non-hydrogen) atoms. The van der Waals surface area contributed by atoms with Crippen molar-refractivity contribution in [3.05, 3.63) is 71.5 Å². The normalized spacial score (nSPS) is 13.5. The van der Waals surface area contributed by atoms with Crippen molar-refractivity contribution >= 4 is 5.97 Å². The van der Waals surface area contributed by atoms with E-state index in [2.05, 4.69) is 0 Å². The smallest absolute Gasteiger partial charge is 0.306 e. The maximum Gasteiger partial charge on any atom is 0.306 e. The highest BCUT2D eigenvalue weighted by Gasteiger charge is 2.21. The molecule has 0 aliphatic heterocycles. The minimum absolute atomic E-state index is 0.214. The molecule has 122 valence electrons. The fourth-order valence-corrected chi connectivity index (χ4v) is 2.60.